The summed E-state index contributed by atoms with van der Waals surface area (Å²) in [7, 11) is 0. The zero-order valence-electron chi connectivity index (χ0n) is 9.40. The van der Waals surface area contributed by atoms with Crippen LogP contribution in [0.15, 0.2) is 30.3 Å². The van der Waals surface area contributed by atoms with Gasteiger partial charge < -0.3 is 4.74 Å². The van der Waals surface area contributed by atoms with Crippen molar-refractivity contribution in [1.82, 2.24) is 0 Å². The molecule has 0 radical (unpaired) electrons. The molecule has 2 nitrogen and oxygen atoms in total. The molecule has 0 aliphatic carbocycles. The first-order valence-corrected chi connectivity index (χ1v) is 5.44. The van der Waals surface area contributed by atoms with Crippen molar-refractivity contribution in [1.29, 1.82) is 0 Å². The minimum Gasteiger partial charge on any atom is -0.465 e. The largest absolute Gasteiger partial charge is 0.465 e. The number of ether oxygens (including phenoxy) is 1. The Labute approximate surface area is 91.3 Å². The normalized spacial score (nSPS) is 12.1. The predicted molar refractivity (Wildman–Crippen MR) is 60.6 cm³/mol. The fourth-order valence-electron chi connectivity index (χ4n) is 1.40. The van der Waals surface area contributed by atoms with Crippen molar-refractivity contribution >= 4 is 5.97 Å². The summed E-state index contributed by atoms with van der Waals surface area (Å²) in [4.78, 5) is 11.5. The Bertz CT molecular complexity index is 293. The Kier molecular flexibility index (Phi) is 4.88. The van der Waals surface area contributed by atoms with E-state index in [4.69, 9.17) is 4.74 Å². The van der Waals surface area contributed by atoms with Crippen molar-refractivity contribution in [2.45, 2.75) is 26.7 Å². The lowest BCUT2D eigenvalue weighted by molar-refractivity contribution is -0.147. The van der Waals surface area contributed by atoms with Crippen LogP contribution in [0.25, 0.3) is 0 Å². The van der Waals surface area contributed by atoms with E-state index in [1.54, 1.807) is 0 Å². The minimum absolute atomic E-state index is 0.0565. The molecule has 0 aromatic heterocycles. The van der Waals surface area contributed by atoms with E-state index in [1.807, 2.05) is 44.2 Å². The Hall–Kier alpha value is -1.31. The van der Waals surface area contributed by atoms with Crippen molar-refractivity contribution in [2.24, 2.45) is 5.92 Å². The van der Waals surface area contributed by atoms with Gasteiger partial charge in [0.05, 0.1) is 12.5 Å². The highest BCUT2D eigenvalue weighted by Crippen LogP contribution is 2.09. The molecule has 0 amide bonds. The molecule has 1 rings (SSSR count). The molecule has 15 heavy (non-hydrogen) atoms. The van der Waals surface area contributed by atoms with Gasteiger partial charge in [-0.25, -0.2) is 0 Å². The smallest absolute Gasteiger partial charge is 0.308 e. The maximum Gasteiger partial charge on any atom is 0.308 e. The molecular formula is C13H18O2. The van der Waals surface area contributed by atoms with Crippen molar-refractivity contribution in [3.05, 3.63) is 35.9 Å². The van der Waals surface area contributed by atoms with Crippen LogP contribution in [0.4, 0.5) is 0 Å². The molecule has 0 aliphatic rings. The second-order valence-electron chi connectivity index (χ2n) is 3.76. The highest BCUT2D eigenvalue weighted by atomic mass is 16.5. The molecule has 2 heteroatoms. The van der Waals surface area contributed by atoms with E-state index < -0.39 is 0 Å². The minimum atomic E-state index is -0.0966. The first kappa shape index (κ1) is 11.8. The van der Waals surface area contributed by atoms with Gasteiger partial charge >= 0.3 is 5.97 Å². The summed E-state index contributed by atoms with van der Waals surface area (Å²) in [5.41, 5.74) is 1.18. The molecule has 1 aromatic carbocycles. The van der Waals surface area contributed by atoms with Crippen LogP contribution in [-0.2, 0) is 16.0 Å². The van der Waals surface area contributed by atoms with E-state index in [9.17, 15) is 4.79 Å². The molecule has 0 fully saturated rings. The van der Waals surface area contributed by atoms with E-state index >= 15 is 0 Å². The molecule has 1 atom stereocenters. The fraction of sp³-hybridized carbons (Fsp3) is 0.462. The summed E-state index contributed by atoms with van der Waals surface area (Å²) >= 11 is 0. The van der Waals surface area contributed by atoms with Gasteiger partial charge in [-0.3, -0.25) is 4.79 Å². The predicted octanol–water partition coefficient (Wildman–Crippen LogP) is 2.82. The molecule has 0 heterocycles. The highest BCUT2D eigenvalue weighted by Gasteiger charge is 2.14. The summed E-state index contributed by atoms with van der Waals surface area (Å²) in [5, 5.41) is 0. The molecule has 82 valence electrons. The molecule has 0 aliphatic heterocycles. The van der Waals surface area contributed by atoms with Crippen LogP contribution in [-0.4, -0.2) is 12.6 Å². The maximum absolute atomic E-state index is 11.5. The zero-order chi connectivity index (χ0) is 11.1. The first-order valence-electron chi connectivity index (χ1n) is 5.44. The van der Waals surface area contributed by atoms with E-state index in [0.717, 1.165) is 12.8 Å². The summed E-state index contributed by atoms with van der Waals surface area (Å²) < 4.78 is 5.09. The van der Waals surface area contributed by atoms with Crippen LogP contribution in [0.3, 0.4) is 0 Å². The fourth-order valence-corrected chi connectivity index (χ4v) is 1.40. The van der Waals surface area contributed by atoms with Crippen molar-refractivity contribution < 1.29 is 9.53 Å². The van der Waals surface area contributed by atoms with E-state index in [1.165, 1.54) is 5.56 Å². The van der Waals surface area contributed by atoms with Gasteiger partial charge in [-0.05, 0) is 18.4 Å². The van der Waals surface area contributed by atoms with Gasteiger partial charge in [0.15, 0.2) is 0 Å². The van der Waals surface area contributed by atoms with Crippen LogP contribution in [0, 0.1) is 5.92 Å². The molecule has 0 spiro atoms. The molecule has 1 unspecified atom stereocenters. The molecule has 1 aromatic rings. The average molecular weight is 206 g/mol. The Morgan fingerprint density at radius 2 is 2.00 bits per heavy atom. The number of benzene rings is 1. The molecule has 0 saturated heterocycles. The van der Waals surface area contributed by atoms with E-state index in [2.05, 4.69) is 0 Å². The second-order valence-corrected chi connectivity index (χ2v) is 3.76. The van der Waals surface area contributed by atoms with Crippen LogP contribution in [0.1, 0.15) is 25.8 Å². The van der Waals surface area contributed by atoms with Gasteiger partial charge in [0.2, 0.25) is 0 Å². The van der Waals surface area contributed by atoms with Gasteiger partial charge in [-0.1, -0.05) is 44.2 Å². The lowest BCUT2D eigenvalue weighted by atomic mass is 10.0. The number of carbonyl (C=O) groups excluding carboxylic acids is 1. The van der Waals surface area contributed by atoms with Gasteiger partial charge in [0.25, 0.3) is 0 Å². The molecule has 0 saturated carbocycles. The highest BCUT2D eigenvalue weighted by molar-refractivity contribution is 5.72. The van der Waals surface area contributed by atoms with Crippen LogP contribution in [0.5, 0.6) is 0 Å². The lowest BCUT2D eigenvalue weighted by Crippen LogP contribution is -2.17. The third-order valence-electron chi connectivity index (χ3n) is 2.24. The van der Waals surface area contributed by atoms with Crippen LogP contribution < -0.4 is 0 Å². The number of hydrogen-bond donors (Lipinski definition) is 0. The summed E-state index contributed by atoms with van der Waals surface area (Å²) in [6, 6.07) is 10.0. The summed E-state index contributed by atoms with van der Waals surface area (Å²) in [6.07, 6.45) is 1.63. The molecule has 0 N–H and O–H groups in total. The van der Waals surface area contributed by atoms with Crippen molar-refractivity contribution in [3.8, 4) is 0 Å². The zero-order valence-corrected chi connectivity index (χ0v) is 9.40. The molecular weight excluding hydrogens is 188 g/mol. The van der Waals surface area contributed by atoms with Gasteiger partial charge in [0.1, 0.15) is 0 Å². The van der Waals surface area contributed by atoms with Gasteiger partial charge in [0, 0.05) is 0 Å². The SMILES string of the molecule is CCCOC(=O)C(C)Cc1ccccc1. The quantitative estimate of drug-likeness (QED) is 0.692. The Morgan fingerprint density at radius 1 is 1.33 bits per heavy atom. The maximum atomic E-state index is 11.5. The topological polar surface area (TPSA) is 26.3 Å². The van der Waals surface area contributed by atoms with Gasteiger partial charge in [-0.15, -0.1) is 0 Å². The van der Waals surface area contributed by atoms with Gasteiger partial charge in [-0.2, -0.15) is 0 Å². The number of carbonyl (C=O) groups is 1. The first-order chi connectivity index (χ1) is 7.24. The van der Waals surface area contributed by atoms with Crippen LogP contribution in [0.2, 0.25) is 0 Å². The lowest BCUT2D eigenvalue weighted by Gasteiger charge is -2.10. The summed E-state index contributed by atoms with van der Waals surface area (Å²) in [5.74, 6) is -0.153. The summed E-state index contributed by atoms with van der Waals surface area (Å²) in [6.45, 7) is 4.43. The van der Waals surface area contributed by atoms with Crippen molar-refractivity contribution in [2.75, 3.05) is 6.61 Å². The molecule has 0 bridgehead atoms. The number of hydrogen-bond acceptors (Lipinski definition) is 2. The third kappa shape index (κ3) is 4.15. The average Bonchev–Trinajstić information content (AvgIpc) is 2.27. The third-order valence-corrected chi connectivity index (χ3v) is 2.24. The Morgan fingerprint density at radius 3 is 2.60 bits per heavy atom. The standard InChI is InChI=1S/C13H18O2/c1-3-9-15-13(14)11(2)10-12-7-5-4-6-8-12/h4-8,11H,3,9-10H2,1-2H3. The van der Waals surface area contributed by atoms with E-state index in [-0.39, 0.29) is 11.9 Å². The second kappa shape index (κ2) is 6.23. The Balaban J connectivity index is 2.41. The number of rotatable bonds is 5. The number of esters is 1. The van der Waals surface area contributed by atoms with Crippen molar-refractivity contribution in [3.63, 3.8) is 0 Å². The van der Waals surface area contributed by atoms with E-state index in [0.29, 0.717) is 6.61 Å². The van der Waals surface area contributed by atoms with Crippen LogP contribution >= 0.6 is 0 Å². The monoisotopic (exact) mass is 206 g/mol.